The molecule has 0 aliphatic carbocycles. The first-order chi connectivity index (χ1) is 12.9. The SMILES string of the molecule is Cc1cc(C)c(O)c(C=Nc2c(F)c(F)c(C(F)(F)F)c(F)c2F)c1.[Cl][Ti][Cl]. The topological polar surface area (TPSA) is 32.6 Å². The quantitative estimate of drug-likeness (QED) is 0.219. The van der Waals surface area contributed by atoms with E-state index < -0.39 is 57.7 Å². The van der Waals surface area contributed by atoms with Gasteiger partial charge >= 0.3 is 41.8 Å². The zero-order valence-corrected chi connectivity index (χ0v) is 17.1. The van der Waals surface area contributed by atoms with Crippen molar-refractivity contribution in [3.8, 4) is 5.75 Å². The predicted octanol–water partition coefficient (Wildman–Crippen LogP) is 6.71. The fourth-order valence-electron chi connectivity index (χ4n) is 2.21. The summed E-state index contributed by atoms with van der Waals surface area (Å²) in [5.74, 6) is -10.1. The number of phenols is 1. The first-order valence-electron chi connectivity index (χ1n) is 7.10. The molecule has 2 aromatic rings. The van der Waals surface area contributed by atoms with Crippen molar-refractivity contribution in [2.24, 2.45) is 4.99 Å². The average molecular weight is 484 g/mol. The summed E-state index contributed by atoms with van der Waals surface area (Å²) in [5, 5.41) is 9.82. The number of hydrogen-bond acceptors (Lipinski definition) is 2. The Morgan fingerprint density at radius 3 is 1.86 bits per heavy atom. The Hall–Kier alpha value is -1.29. The van der Waals surface area contributed by atoms with Gasteiger partial charge in [0.15, 0.2) is 23.3 Å². The van der Waals surface area contributed by atoms with Crippen LogP contribution in [-0.2, 0) is 23.2 Å². The van der Waals surface area contributed by atoms with E-state index in [0.717, 1.165) is 0 Å². The number of aromatic hydroxyl groups is 1. The number of alkyl halides is 3. The van der Waals surface area contributed by atoms with Crippen LogP contribution in [0.2, 0.25) is 0 Å². The van der Waals surface area contributed by atoms with Crippen LogP contribution in [0.5, 0.6) is 5.75 Å². The van der Waals surface area contributed by atoms with E-state index >= 15 is 0 Å². The van der Waals surface area contributed by atoms with Crippen molar-refractivity contribution in [3.05, 3.63) is 57.7 Å². The normalized spacial score (nSPS) is 11.4. The molecule has 0 saturated heterocycles. The fraction of sp³-hybridized carbons (Fsp3) is 0.188. The van der Waals surface area contributed by atoms with Crippen molar-refractivity contribution in [3.63, 3.8) is 0 Å². The van der Waals surface area contributed by atoms with Gasteiger partial charge in [0.2, 0.25) is 0 Å². The molecule has 28 heavy (non-hydrogen) atoms. The monoisotopic (exact) mass is 483 g/mol. The number of halogens is 9. The van der Waals surface area contributed by atoms with Crippen LogP contribution in [0.1, 0.15) is 22.3 Å². The van der Waals surface area contributed by atoms with Gasteiger partial charge in [-0.2, -0.15) is 13.2 Å². The summed E-state index contributed by atoms with van der Waals surface area (Å²) in [7, 11) is 9.78. The van der Waals surface area contributed by atoms with Gasteiger partial charge in [-0.25, -0.2) is 22.6 Å². The molecule has 1 N–H and O–H groups in total. The molecular formula is C16H10Cl2F7NOTi. The molecular weight excluding hydrogens is 474 g/mol. The van der Waals surface area contributed by atoms with Gasteiger partial charge in [-0.3, -0.25) is 0 Å². The van der Waals surface area contributed by atoms with E-state index in [0.29, 0.717) is 17.3 Å². The molecule has 152 valence electrons. The van der Waals surface area contributed by atoms with E-state index in [9.17, 15) is 35.8 Å². The van der Waals surface area contributed by atoms with Gasteiger partial charge in [0, 0.05) is 11.8 Å². The third-order valence-corrected chi connectivity index (χ3v) is 3.33. The molecule has 0 heterocycles. The molecule has 0 fully saturated rings. The Balaban J connectivity index is 0.00000122. The molecule has 0 saturated carbocycles. The summed E-state index contributed by atoms with van der Waals surface area (Å²) in [4.78, 5) is 3.18. The van der Waals surface area contributed by atoms with Gasteiger partial charge in [-0.05, 0) is 31.0 Å². The van der Waals surface area contributed by atoms with E-state index in [-0.39, 0.29) is 11.3 Å². The minimum atomic E-state index is -5.62. The summed E-state index contributed by atoms with van der Waals surface area (Å²) < 4.78 is 92.0. The standard InChI is InChI=1S/C16H10F7NO.2ClH.Ti/c1-6-3-7(2)15(25)8(4-6)5-24-14-12(19)10(17)9(16(21,22)23)11(18)13(14)20;;;/h3-5,25H,1-2H3;2*1H;/q;;;+2/p-2. The molecule has 0 aliphatic rings. The number of rotatable bonds is 2. The van der Waals surface area contributed by atoms with Gasteiger partial charge in [-0.15, -0.1) is 0 Å². The van der Waals surface area contributed by atoms with Crippen LogP contribution >= 0.6 is 18.6 Å². The van der Waals surface area contributed by atoms with E-state index in [1.807, 2.05) is 0 Å². The van der Waals surface area contributed by atoms with Gasteiger partial charge < -0.3 is 5.11 Å². The van der Waals surface area contributed by atoms with Gasteiger partial charge in [0.25, 0.3) is 0 Å². The van der Waals surface area contributed by atoms with Gasteiger partial charge in [0.05, 0.1) is 0 Å². The van der Waals surface area contributed by atoms with Crippen molar-refractivity contribution in [1.29, 1.82) is 0 Å². The summed E-state index contributed by atoms with van der Waals surface area (Å²) in [5.41, 5.74) is -3.23. The molecule has 0 amide bonds. The molecule has 0 radical (unpaired) electrons. The zero-order chi connectivity index (χ0) is 21.8. The third-order valence-electron chi connectivity index (χ3n) is 3.33. The number of phenolic OH excluding ortho intramolecular Hbond substituents is 1. The van der Waals surface area contributed by atoms with Crippen LogP contribution in [0.25, 0.3) is 0 Å². The molecule has 2 nitrogen and oxygen atoms in total. The molecule has 0 aliphatic heterocycles. The Kier molecular flexibility index (Phi) is 8.80. The van der Waals surface area contributed by atoms with Crippen molar-refractivity contribution in [1.82, 2.24) is 0 Å². The molecule has 2 rings (SSSR count). The maximum absolute atomic E-state index is 13.7. The molecule has 0 bridgehead atoms. The molecule has 0 unspecified atom stereocenters. The van der Waals surface area contributed by atoms with E-state index in [2.05, 4.69) is 4.99 Å². The molecule has 2 aromatic carbocycles. The van der Waals surface area contributed by atoms with Crippen molar-refractivity contribution in [2.75, 3.05) is 0 Å². The minimum absolute atomic E-state index is 0.0305. The van der Waals surface area contributed by atoms with Crippen molar-refractivity contribution < 1.29 is 52.9 Å². The number of aliphatic imine (C=N–C) groups is 1. The summed E-state index contributed by atoms with van der Waals surface area (Å²) in [6, 6.07) is 2.95. The molecule has 0 atom stereocenters. The summed E-state index contributed by atoms with van der Waals surface area (Å²) >= 11 is -0.556. The van der Waals surface area contributed by atoms with Gasteiger partial charge in [0.1, 0.15) is 17.0 Å². The van der Waals surface area contributed by atoms with Crippen LogP contribution in [-0.4, -0.2) is 11.3 Å². The molecule has 0 aromatic heterocycles. The Morgan fingerprint density at radius 2 is 1.43 bits per heavy atom. The zero-order valence-electron chi connectivity index (χ0n) is 14.0. The van der Waals surface area contributed by atoms with Gasteiger partial charge in [-0.1, -0.05) is 6.07 Å². The van der Waals surface area contributed by atoms with E-state index in [4.69, 9.17) is 18.6 Å². The second-order valence-electron chi connectivity index (χ2n) is 5.33. The maximum atomic E-state index is 13.7. The molecule has 12 heteroatoms. The second-order valence-corrected chi connectivity index (χ2v) is 7.91. The Morgan fingerprint density at radius 1 is 0.964 bits per heavy atom. The van der Waals surface area contributed by atoms with Crippen molar-refractivity contribution >= 4 is 30.5 Å². The van der Waals surface area contributed by atoms with Crippen LogP contribution < -0.4 is 0 Å². The molecule has 0 spiro atoms. The first-order valence-corrected chi connectivity index (χ1v) is 11.4. The number of aryl methyl sites for hydroxylation is 2. The summed E-state index contributed by atoms with van der Waals surface area (Å²) in [6.07, 6.45) is -4.92. The predicted molar refractivity (Wildman–Crippen MR) is 87.8 cm³/mol. The number of nitrogens with zero attached hydrogens (tertiary/aromatic N) is 1. The Bertz CT molecular complexity index is 875. The van der Waals surface area contributed by atoms with Crippen LogP contribution in [0.4, 0.5) is 36.4 Å². The van der Waals surface area contributed by atoms with E-state index in [1.165, 1.54) is 13.0 Å². The fourth-order valence-corrected chi connectivity index (χ4v) is 2.21. The summed E-state index contributed by atoms with van der Waals surface area (Å²) in [6.45, 7) is 3.17. The van der Waals surface area contributed by atoms with E-state index in [1.54, 1.807) is 13.0 Å². The Labute approximate surface area is 171 Å². The van der Waals surface area contributed by atoms with Crippen LogP contribution in [0, 0.1) is 37.1 Å². The number of benzene rings is 2. The average Bonchev–Trinajstić information content (AvgIpc) is 2.56. The second kappa shape index (κ2) is 9.96. The third kappa shape index (κ3) is 5.62. The number of hydrogen-bond donors (Lipinski definition) is 1. The van der Waals surface area contributed by atoms with Crippen molar-refractivity contribution in [2.45, 2.75) is 20.0 Å². The first kappa shape index (κ1) is 24.8. The van der Waals surface area contributed by atoms with Crippen LogP contribution in [0.15, 0.2) is 17.1 Å². The van der Waals surface area contributed by atoms with Crippen LogP contribution in [0.3, 0.4) is 0 Å².